The van der Waals surface area contributed by atoms with Crippen molar-refractivity contribution in [1.82, 2.24) is 9.97 Å². The molecule has 0 aliphatic rings. The fourth-order valence-electron chi connectivity index (χ4n) is 1.92. The summed E-state index contributed by atoms with van der Waals surface area (Å²) in [5.41, 5.74) is 8.17. The highest BCUT2D eigenvalue weighted by Gasteiger charge is 2.10. The Balaban J connectivity index is 2.23. The van der Waals surface area contributed by atoms with Crippen LogP contribution in [0, 0.1) is 13.8 Å². The summed E-state index contributed by atoms with van der Waals surface area (Å²) in [6.45, 7) is 4.20. The van der Waals surface area contributed by atoms with Gasteiger partial charge in [-0.25, -0.2) is 9.97 Å². The van der Waals surface area contributed by atoms with Gasteiger partial charge in [-0.1, -0.05) is 15.9 Å². The van der Waals surface area contributed by atoms with Crippen molar-refractivity contribution in [3.63, 3.8) is 0 Å². The molecule has 2 N–H and O–H groups in total. The molecule has 2 aromatic heterocycles. The molecule has 0 saturated heterocycles. The van der Waals surface area contributed by atoms with Gasteiger partial charge in [-0.3, -0.25) is 0 Å². The molecule has 96 valence electrons. The average Bonchev–Trinajstić information content (AvgIpc) is 2.70. The Hall–Kier alpha value is -1.46. The van der Waals surface area contributed by atoms with Crippen molar-refractivity contribution in [2.24, 2.45) is 0 Å². The van der Waals surface area contributed by atoms with E-state index in [1.54, 1.807) is 11.3 Å². The van der Waals surface area contributed by atoms with Crippen LogP contribution in [0.3, 0.4) is 0 Å². The van der Waals surface area contributed by atoms with E-state index in [1.807, 2.05) is 18.2 Å². The van der Waals surface area contributed by atoms with Crippen LogP contribution in [-0.2, 0) is 0 Å². The van der Waals surface area contributed by atoms with Crippen LogP contribution in [0.1, 0.15) is 10.4 Å². The maximum Gasteiger partial charge on any atom is 0.172 e. The summed E-state index contributed by atoms with van der Waals surface area (Å²) in [5.74, 6) is 1.22. The van der Waals surface area contributed by atoms with Gasteiger partial charge in [0.05, 0.1) is 10.4 Å². The van der Waals surface area contributed by atoms with Crippen molar-refractivity contribution in [3.05, 3.63) is 39.2 Å². The van der Waals surface area contributed by atoms with Crippen molar-refractivity contribution in [1.29, 1.82) is 0 Å². The quantitative estimate of drug-likeness (QED) is 0.721. The van der Waals surface area contributed by atoms with E-state index in [1.165, 1.54) is 10.4 Å². The number of nitrogen functional groups attached to an aromatic ring is 1. The number of aryl methyl sites for hydroxylation is 2. The van der Waals surface area contributed by atoms with Gasteiger partial charge < -0.3 is 5.73 Å². The lowest BCUT2D eigenvalue weighted by Gasteiger charge is -2.04. The van der Waals surface area contributed by atoms with Crippen molar-refractivity contribution in [2.45, 2.75) is 13.8 Å². The Morgan fingerprint density at radius 3 is 2.63 bits per heavy atom. The molecule has 0 amide bonds. The molecular weight excluding hydrogens is 322 g/mol. The van der Waals surface area contributed by atoms with Crippen LogP contribution in [0.2, 0.25) is 0 Å². The number of rotatable bonds is 1. The summed E-state index contributed by atoms with van der Waals surface area (Å²) in [6.07, 6.45) is 0. The van der Waals surface area contributed by atoms with Gasteiger partial charge in [-0.15, -0.1) is 11.3 Å². The first-order chi connectivity index (χ1) is 9.04. The van der Waals surface area contributed by atoms with E-state index in [2.05, 4.69) is 45.8 Å². The van der Waals surface area contributed by atoms with Crippen molar-refractivity contribution in [3.8, 4) is 10.7 Å². The molecule has 0 atom stereocenters. The average molecular weight is 334 g/mol. The first kappa shape index (κ1) is 12.6. The number of aromatic nitrogens is 2. The topological polar surface area (TPSA) is 51.8 Å². The second-order valence-electron chi connectivity index (χ2n) is 4.44. The summed E-state index contributed by atoms with van der Waals surface area (Å²) in [4.78, 5) is 11.4. The molecule has 0 aliphatic carbocycles. The van der Waals surface area contributed by atoms with Gasteiger partial charge in [0.15, 0.2) is 5.82 Å². The van der Waals surface area contributed by atoms with E-state index < -0.39 is 0 Å². The molecule has 0 saturated carbocycles. The minimum Gasteiger partial charge on any atom is -0.383 e. The first-order valence-electron chi connectivity index (χ1n) is 5.85. The molecule has 0 fully saturated rings. The van der Waals surface area contributed by atoms with E-state index in [0.717, 1.165) is 20.3 Å². The molecular formula is C14H12BrN3S. The highest BCUT2D eigenvalue weighted by molar-refractivity contribution is 9.10. The molecule has 0 spiro atoms. The number of anilines is 1. The third-order valence-electron chi connectivity index (χ3n) is 3.07. The van der Waals surface area contributed by atoms with Gasteiger partial charge in [-0.05, 0) is 43.7 Å². The zero-order chi connectivity index (χ0) is 13.6. The molecule has 0 bridgehead atoms. The monoisotopic (exact) mass is 333 g/mol. The van der Waals surface area contributed by atoms with Crippen LogP contribution in [0.25, 0.3) is 21.6 Å². The molecule has 19 heavy (non-hydrogen) atoms. The summed E-state index contributed by atoms with van der Waals surface area (Å²) < 4.78 is 0.978. The molecule has 3 rings (SSSR count). The van der Waals surface area contributed by atoms with Crippen LogP contribution in [0.15, 0.2) is 28.7 Å². The maximum atomic E-state index is 6.04. The van der Waals surface area contributed by atoms with Crippen LogP contribution in [0.4, 0.5) is 5.82 Å². The number of hydrogen-bond acceptors (Lipinski definition) is 4. The lowest BCUT2D eigenvalue weighted by Crippen LogP contribution is -1.96. The predicted octanol–water partition coefficient (Wildman–Crippen LogP) is 4.32. The first-order valence-corrected chi connectivity index (χ1v) is 7.46. The van der Waals surface area contributed by atoms with E-state index in [0.29, 0.717) is 11.6 Å². The lowest BCUT2D eigenvalue weighted by atomic mass is 10.2. The molecule has 3 nitrogen and oxygen atoms in total. The van der Waals surface area contributed by atoms with Gasteiger partial charge in [0.2, 0.25) is 0 Å². The summed E-state index contributed by atoms with van der Waals surface area (Å²) in [6, 6.07) is 7.97. The second-order valence-corrected chi connectivity index (χ2v) is 6.62. The second kappa shape index (κ2) is 4.58. The van der Waals surface area contributed by atoms with Crippen LogP contribution in [0.5, 0.6) is 0 Å². The number of nitrogens with two attached hydrogens (primary N) is 1. The van der Waals surface area contributed by atoms with Crippen molar-refractivity contribution in [2.75, 3.05) is 5.73 Å². The minimum atomic E-state index is 0.519. The normalized spacial score (nSPS) is 11.1. The van der Waals surface area contributed by atoms with Crippen molar-refractivity contribution >= 4 is 44.0 Å². The smallest absolute Gasteiger partial charge is 0.172 e. The molecule has 0 unspecified atom stereocenters. The maximum absolute atomic E-state index is 6.04. The minimum absolute atomic E-state index is 0.519. The molecule has 0 aliphatic heterocycles. The summed E-state index contributed by atoms with van der Waals surface area (Å²) >= 11 is 5.13. The van der Waals surface area contributed by atoms with E-state index in [9.17, 15) is 0 Å². The Morgan fingerprint density at radius 2 is 1.95 bits per heavy atom. The Morgan fingerprint density at radius 1 is 1.16 bits per heavy atom. The number of benzene rings is 1. The van der Waals surface area contributed by atoms with Gasteiger partial charge in [0.1, 0.15) is 5.82 Å². The number of nitrogens with zero attached hydrogens (tertiary/aromatic N) is 2. The number of fused-ring (bicyclic) bond motifs is 1. The third kappa shape index (κ3) is 2.24. The number of halogens is 1. The van der Waals surface area contributed by atoms with Gasteiger partial charge in [0.25, 0.3) is 0 Å². The van der Waals surface area contributed by atoms with E-state index >= 15 is 0 Å². The SMILES string of the molecule is Cc1cc(-c2nc(N)c3cc(Br)ccc3n2)sc1C. The third-order valence-corrected chi connectivity index (χ3v) is 4.72. The van der Waals surface area contributed by atoms with Crippen molar-refractivity contribution < 1.29 is 0 Å². The molecule has 0 radical (unpaired) electrons. The molecule has 5 heteroatoms. The standard InChI is InChI=1S/C14H12BrN3S/c1-7-5-12(19-8(7)2)14-17-11-4-3-9(15)6-10(11)13(16)18-14/h3-6H,1-2H3,(H2,16,17,18). The Bertz CT molecular complexity index is 760. The molecule has 2 heterocycles. The van der Waals surface area contributed by atoms with Crippen LogP contribution < -0.4 is 5.73 Å². The number of thiophene rings is 1. The Kier molecular flexibility index (Phi) is 3.03. The van der Waals surface area contributed by atoms with E-state index in [-0.39, 0.29) is 0 Å². The highest BCUT2D eigenvalue weighted by Crippen LogP contribution is 2.31. The summed E-state index contributed by atoms with van der Waals surface area (Å²) in [5, 5.41) is 0.878. The molecule has 3 aromatic rings. The van der Waals surface area contributed by atoms with Gasteiger partial charge >= 0.3 is 0 Å². The highest BCUT2D eigenvalue weighted by atomic mass is 79.9. The fourth-order valence-corrected chi connectivity index (χ4v) is 3.25. The van der Waals surface area contributed by atoms with Crippen LogP contribution in [-0.4, -0.2) is 9.97 Å². The number of hydrogen-bond donors (Lipinski definition) is 1. The largest absolute Gasteiger partial charge is 0.383 e. The van der Waals surface area contributed by atoms with Crippen LogP contribution >= 0.6 is 27.3 Å². The predicted molar refractivity (Wildman–Crippen MR) is 84.4 cm³/mol. The molecule has 1 aromatic carbocycles. The zero-order valence-electron chi connectivity index (χ0n) is 10.6. The Labute approximate surface area is 123 Å². The fraction of sp³-hybridized carbons (Fsp3) is 0.143. The summed E-state index contributed by atoms with van der Waals surface area (Å²) in [7, 11) is 0. The van der Waals surface area contributed by atoms with E-state index in [4.69, 9.17) is 5.73 Å². The zero-order valence-corrected chi connectivity index (χ0v) is 13.0. The van der Waals surface area contributed by atoms with Gasteiger partial charge in [0, 0.05) is 14.7 Å². The van der Waals surface area contributed by atoms with Gasteiger partial charge in [-0.2, -0.15) is 0 Å². The lowest BCUT2D eigenvalue weighted by molar-refractivity contribution is 1.24.